The fraction of sp³-hybridized carbons (Fsp3) is 0.929. The molecule has 0 spiro atoms. The van der Waals surface area contributed by atoms with Gasteiger partial charge in [0, 0.05) is 32.6 Å². The smallest absolute Gasteiger partial charge is 0.223 e. The minimum Gasteiger partial charge on any atom is -0.389 e. The van der Waals surface area contributed by atoms with Crippen molar-refractivity contribution in [3.8, 4) is 0 Å². The summed E-state index contributed by atoms with van der Waals surface area (Å²) in [5.74, 6) is 0.453. The second kappa shape index (κ2) is 7.10. The monoisotopic (exact) mass is 256 g/mol. The van der Waals surface area contributed by atoms with Crippen LogP contribution in [0.5, 0.6) is 0 Å². The third-order valence-electron chi connectivity index (χ3n) is 3.95. The summed E-state index contributed by atoms with van der Waals surface area (Å²) in [6.07, 6.45) is 4.07. The zero-order chi connectivity index (χ0) is 13.6. The Labute approximate surface area is 111 Å². The number of carbonyl (C=O) groups excluding carboxylic acids is 1. The van der Waals surface area contributed by atoms with E-state index < -0.39 is 5.60 Å². The first kappa shape index (κ1) is 15.4. The minimum absolute atomic E-state index is 0.211. The van der Waals surface area contributed by atoms with Gasteiger partial charge >= 0.3 is 0 Å². The predicted octanol–water partition coefficient (Wildman–Crippen LogP) is 1.39. The topological polar surface area (TPSA) is 52.6 Å². The van der Waals surface area contributed by atoms with Crippen molar-refractivity contribution < 1.29 is 9.90 Å². The van der Waals surface area contributed by atoms with Gasteiger partial charge in [0.1, 0.15) is 0 Å². The molecule has 0 aromatic rings. The molecule has 0 bridgehead atoms. The van der Waals surface area contributed by atoms with Gasteiger partial charge in [0.15, 0.2) is 0 Å². The van der Waals surface area contributed by atoms with Crippen molar-refractivity contribution in [2.24, 2.45) is 5.92 Å². The van der Waals surface area contributed by atoms with Crippen molar-refractivity contribution in [3.05, 3.63) is 0 Å². The number of hydrogen-bond acceptors (Lipinski definition) is 3. The molecule has 1 rings (SSSR count). The average molecular weight is 256 g/mol. The number of aliphatic hydroxyl groups is 1. The lowest BCUT2D eigenvalue weighted by Crippen LogP contribution is -2.43. The van der Waals surface area contributed by atoms with Crippen LogP contribution in [0.3, 0.4) is 0 Å². The van der Waals surface area contributed by atoms with Crippen molar-refractivity contribution >= 4 is 5.91 Å². The highest BCUT2D eigenvalue weighted by molar-refractivity contribution is 5.76. The Morgan fingerprint density at radius 2 is 1.94 bits per heavy atom. The molecule has 18 heavy (non-hydrogen) atoms. The molecule has 106 valence electrons. The fourth-order valence-corrected chi connectivity index (χ4v) is 2.04. The fourth-order valence-electron chi connectivity index (χ4n) is 2.04. The molecule has 0 aliphatic carbocycles. The molecule has 1 fully saturated rings. The molecular formula is C14H28N2O2. The third kappa shape index (κ3) is 4.94. The van der Waals surface area contributed by atoms with E-state index in [1.165, 1.54) is 6.42 Å². The number of nitrogens with one attached hydrogen (secondary N) is 1. The molecule has 1 amide bonds. The SMILES string of the molecule is CC(C)C(C)(O)CNCCC(=O)N1CCCCC1. The predicted molar refractivity (Wildman–Crippen MR) is 73.4 cm³/mol. The van der Waals surface area contributed by atoms with Crippen LogP contribution in [0, 0.1) is 5.92 Å². The van der Waals surface area contributed by atoms with Gasteiger partial charge in [0.05, 0.1) is 5.60 Å². The lowest BCUT2D eigenvalue weighted by atomic mass is 9.92. The Balaban J connectivity index is 2.15. The highest BCUT2D eigenvalue weighted by Crippen LogP contribution is 2.14. The molecule has 1 saturated heterocycles. The molecule has 1 aliphatic heterocycles. The summed E-state index contributed by atoms with van der Waals surface area (Å²) in [5, 5.41) is 13.2. The maximum Gasteiger partial charge on any atom is 0.223 e. The van der Waals surface area contributed by atoms with E-state index in [4.69, 9.17) is 0 Å². The number of amides is 1. The molecule has 4 nitrogen and oxygen atoms in total. The van der Waals surface area contributed by atoms with Crippen LogP contribution >= 0.6 is 0 Å². The number of piperidine rings is 1. The Bertz CT molecular complexity index is 259. The van der Waals surface area contributed by atoms with Gasteiger partial charge in [-0.3, -0.25) is 4.79 Å². The van der Waals surface area contributed by atoms with Crippen LogP contribution in [0.1, 0.15) is 46.5 Å². The normalized spacial score (nSPS) is 19.9. The van der Waals surface area contributed by atoms with Crippen LogP contribution in [0.4, 0.5) is 0 Å². The number of rotatable bonds is 6. The Kier molecular flexibility index (Phi) is 6.09. The molecule has 1 heterocycles. The number of nitrogens with zero attached hydrogens (tertiary/aromatic N) is 1. The lowest BCUT2D eigenvalue weighted by molar-refractivity contribution is -0.132. The summed E-state index contributed by atoms with van der Waals surface area (Å²) >= 11 is 0. The van der Waals surface area contributed by atoms with Gasteiger partial charge in [-0.25, -0.2) is 0 Å². The van der Waals surface area contributed by atoms with E-state index in [0.29, 0.717) is 19.5 Å². The first-order valence-corrected chi connectivity index (χ1v) is 7.14. The molecule has 0 aromatic heterocycles. The molecule has 0 aromatic carbocycles. The highest BCUT2D eigenvalue weighted by atomic mass is 16.3. The quantitative estimate of drug-likeness (QED) is 0.706. The summed E-state index contributed by atoms with van der Waals surface area (Å²) in [7, 11) is 0. The molecule has 1 aliphatic rings. The van der Waals surface area contributed by atoms with Crippen LogP contribution in [-0.4, -0.2) is 47.7 Å². The number of carbonyl (C=O) groups is 1. The van der Waals surface area contributed by atoms with E-state index in [2.05, 4.69) is 5.32 Å². The molecule has 0 saturated carbocycles. The van der Waals surface area contributed by atoms with Crippen LogP contribution < -0.4 is 5.32 Å². The lowest BCUT2D eigenvalue weighted by Gasteiger charge is -2.29. The van der Waals surface area contributed by atoms with Crippen LogP contribution in [0.15, 0.2) is 0 Å². The zero-order valence-electron chi connectivity index (χ0n) is 12.0. The Hall–Kier alpha value is -0.610. The first-order chi connectivity index (χ1) is 8.43. The molecule has 2 N–H and O–H groups in total. The summed E-state index contributed by atoms with van der Waals surface area (Å²) in [4.78, 5) is 13.8. The molecule has 1 atom stereocenters. The summed E-state index contributed by atoms with van der Waals surface area (Å²) in [6, 6.07) is 0. The average Bonchev–Trinajstić information content (AvgIpc) is 2.35. The third-order valence-corrected chi connectivity index (χ3v) is 3.95. The van der Waals surface area contributed by atoms with Crippen LogP contribution in [0.2, 0.25) is 0 Å². The van der Waals surface area contributed by atoms with Gasteiger partial charge in [0.2, 0.25) is 5.91 Å². The first-order valence-electron chi connectivity index (χ1n) is 7.14. The van der Waals surface area contributed by atoms with E-state index in [9.17, 15) is 9.90 Å². The molecular weight excluding hydrogens is 228 g/mol. The van der Waals surface area contributed by atoms with Crippen molar-refractivity contribution in [1.29, 1.82) is 0 Å². The van der Waals surface area contributed by atoms with E-state index in [1.807, 2.05) is 25.7 Å². The standard InChI is InChI=1S/C14H28N2O2/c1-12(2)14(3,18)11-15-8-7-13(17)16-9-5-4-6-10-16/h12,15,18H,4-11H2,1-3H3. The summed E-state index contributed by atoms with van der Waals surface area (Å²) in [5.41, 5.74) is -0.700. The van der Waals surface area contributed by atoms with Crippen molar-refractivity contribution in [2.75, 3.05) is 26.2 Å². The maximum absolute atomic E-state index is 11.9. The summed E-state index contributed by atoms with van der Waals surface area (Å²) < 4.78 is 0. The maximum atomic E-state index is 11.9. The van der Waals surface area contributed by atoms with E-state index >= 15 is 0 Å². The molecule has 1 unspecified atom stereocenters. The largest absolute Gasteiger partial charge is 0.389 e. The highest BCUT2D eigenvalue weighted by Gasteiger charge is 2.24. The van der Waals surface area contributed by atoms with Crippen LogP contribution in [-0.2, 0) is 4.79 Å². The Morgan fingerprint density at radius 3 is 2.50 bits per heavy atom. The van der Waals surface area contributed by atoms with Crippen molar-refractivity contribution in [3.63, 3.8) is 0 Å². The number of hydrogen-bond donors (Lipinski definition) is 2. The van der Waals surface area contributed by atoms with Gasteiger partial charge in [-0.05, 0) is 32.1 Å². The van der Waals surface area contributed by atoms with E-state index in [1.54, 1.807) is 0 Å². The Morgan fingerprint density at radius 1 is 1.33 bits per heavy atom. The number of likely N-dealkylation sites (tertiary alicyclic amines) is 1. The molecule has 0 radical (unpaired) electrons. The van der Waals surface area contributed by atoms with E-state index in [-0.39, 0.29) is 11.8 Å². The zero-order valence-corrected chi connectivity index (χ0v) is 12.0. The van der Waals surface area contributed by atoms with Crippen LogP contribution in [0.25, 0.3) is 0 Å². The summed E-state index contributed by atoms with van der Waals surface area (Å²) in [6.45, 7) is 8.86. The van der Waals surface area contributed by atoms with E-state index in [0.717, 1.165) is 25.9 Å². The van der Waals surface area contributed by atoms with Crippen molar-refractivity contribution in [1.82, 2.24) is 10.2 Å². The van der Waals surface area contributed by atoms with Crippen molar-refractivity contribution in [2.45, 2.75) is 52.1 Å². The molecule has 4 heteroatoms. The van der Waals surface area contributed by atoms with Gasteiger partial charge < -0.3 is 15.3 Å². The van der Waals surface area contributed by atoms with Gasteiger partial charge in [-0.1, -0.05) is 13.8 Å². The second-order valence-electron chi connectivity index (χ2n) is 5.88. The second-order valence-corrected chi connectivity index (χ2v) is 5.88. The minimum atomic E-state index is -0.700. The van der Waals surface area contributed by atoms with Gasteiger partial charge in [-0.2, -0.15) is 0 Å². The van der Waals surface area contributed by atoms with Gasteiger partial charge in [-0.15, -0.1) is 0 Å². The van der Waals surface area contributed by atoms with Gasteiger partial charge in [0.25, 0.3) is 0 Å².